The van der Waals surface area contributed by atoms with Crippen molar-refractivity contribution in [3.8, 4) is 0 Å². The number of ketones is 3. The lowest BCUT2D eigenvalue weighted by molar-refractivity contribution is -0.129. The normalized spacial score (nSPS) is 17.1. The Morgan fingerprint density at radius 3 is 2.30 bits per heavy atom. The van der Waals surface area contributed by atoms with Gasteiger partial charge < -0.3 is 0 Å². The fourth-order valence-corrected chi connectivity index (χ4v) is 6.44. The second kappa shape index (κ2) is 14.2. The Morgan fingerprint density at radius 1 is 1.08 bits per heavy atom. The van der Waals surface area contributed by atoms with Crippen LogP contribution in [0.3, 0.4) is 0 Å². The van der Waals surface area contributed by atoms with E-state index in [2.05, 4.69) is 61.1 Å². The van der Waals surface area contributed by atoms with Crippen molar-refractivity contribution in [1.29, 1.82) is 0 Å². The molecule has 1 aromatic rings. The van der Waals surface area contributed by atoms with Gasteiger partial charge in [-0.3, -0.25) is 14.4 Å². The van der Waals surface area contributed by atoms with Crippen LogP contribution in [0.5, 0.6) is 0 Å². The average Bonchev–Trinajstić information content (AvgIpc) is 2.79. The number of rotatable bonds is 15. The van der Waals surface area contributed by atoms with E-state index in [0.717, 1.165) is 62.5 Å². The largest absolute Gasteiger partial charge is 0.300 e. The monoisotopic (exact) mass is 508 g/mol. The maximum absolute atomic E-state index is 13.7. The Hall–Kier alpha value is -2.03. The van der Waals surface area contributed by atoms with Gasteiger partial charge >= 0.3 is 0 Å². The summed E-state index contributed by atoms with van der Waals surface area (Å²) >= 11 is 0. The van der Waals surface area contributed by atoms with E-state index in [1.165, 1.54) is 29.2 Å². The molecule has 0 radical (unpaired) electrons. The van der Waals surface area contributed by atoms with Crippen LogP contribution in [0.2, 0.25) is 0 Å². The minimum Gasteiger partial charge on any atom is -0.300 e. The topological polar surface area (TPSA) is 51.2 Å². The van der Waals surface area contributed by atoms with Crippen molar-refractivity contribution in [1.82, 2.24) is 0 Å². The number of hydrogen-bond acceptors (Lipinski definition) is 3. The molecule has 0 saturated carbocycles. The third-order valence-electron chi connectivity index (χ3n) is 8.36. The number of carbonyl (C=O) groups excluding carboxylic acids is 3. The summed E-state index contributed by atoms with van der Waals surface area (Å²) in [4.78, 5) is 38.2. The molecule has 37 heavy (non-hydrogen) atoms. The molecular weight excluding hydrogens is 456 g/mol. The first-order chi connectivity index (χ1) is 17.4. The summed E-state index contributed by atoms with van der Waals surface area (Å²) in [5, 5.41) is 0. The fourth-order valence-electron chi connectivity index (χ4n) is 6.44. The summed E-state index contributed by atoms with van der Waals surface area (Å²) in [6.07, 6.45) is 8.12. The fraction of sp³-hybridized carbons (Fsp3) is 0.676. The lowest BCUT2D eigenvalue weighted by Crippen LogP contribution is -2.30. The van der Waals surface area contributed by atoms with E-state index in [4.69, 9.17) is 0 Å². The molecule has 0 aromatic heterocycles. The van der Waals surface area contributed by atoms with Gasteiger partial charge in [-0.2, -0.15) is 0 Å². The summed E-state index contributed by atoms with van der Waals surface area (Å²) in [5.74, 6) is 1.68. The standard InChI is InChI=1S/C34H52O3/c1-10-12-27(29(11-2)32(36)16-24(8)35)17-26-18-31-30(22(5)6)20-28(15-23(7)14-13-21(3)4)25(9)34(31)33(37)19-26/h20-22,26-27,29H,7,10-19H2,1-6,8-9H3. The molecule has 0 spiro atoms. The zero-order valence-corrected chi connectivity index (χ0v) is 25.0. The van der Waals surface area contributed by atoms with Gasteiger partial charge in [0.05, 0.1) is 6.42 Å². The molecule has 206 valence electrons. The molecule has 3 unspecified atom stereocenters. The van der Waals surface area contributed by atoms with Crippen LogP contribution >= 0.6 is 0 Å². The molecule has 0 saturated heterocycles. The Morgan fingerprint density at radius 2 is 1.76 bits per heavy atom. The van der Waals surface area contributed by atoms with Gasteiger partial charge in [-0.25, -0.2) is 0 Å². The number of hydrogen-bond donors (Lipinski definition) is 0. The lowest BCUT2D eigenvalue weighted by Gasteiger charge is -2.33. The maximum Gasteiger partial charge on any atom is 0.163 e. The molecule has 0 N–H and O–H groups in total. The van der Waals surface area contributed by atoms with E-state index in [-0.39, 0.29) is 41.5 Å². The molecule has 3 atom stereocenters. The Balaban J connectivity index is 2.35. The second-order valence-corrected chi connectivity index (χ2v) is 12.5. The Labute approximate surface area is 226 Å². The van der Waals surface area contributed by atoms with E-state index in [9.17, 15) is 14.4 Å². The zero-order chi connectivity index (χ0) is 27.9. The van der Waals surface area contributed by atoms with Crippen molar-refractivity contribution >= 4 is 17.3 Å². The molecule has 3 heteroatoms. The SMILES string of the molecule is C=C(CCC(C)C)Cc1cc(C(C)C)c2c(c1C)C(=O)CC(CC(CCC)C(CC)C(=O)CC(C)=O)C2. The maximum atomic E-state index is 13.7. The van der Waals surface area contributed by atoms with Gasteiger partial charge in [0.15, 0.2) is 5.78 Å². The second-order valence-electron chi connectivity index (χ2n) is 12.5. The zero-order valence-electron chi connectivity index (χ0n) is 25.0. The Kier molecular flexibility index (Phi) is 12.0. The van der Waals surface area contributed by atoms with Crippen molar-refractivity contribution in [2.75, 3.05) is 0 Å². The summed E-state index contributed by atoms with van der Waals surface area (Å²) in [6.45, 7) is 21.1. The summed E-state index contributed by atoms with van der Waals surface area (Å²) in [7, 11) is 0. The van der Waals surface area contributed by atoms with E-state index in [1.807, 2.05) is 0 Å². The molecule has 1 aliphatic rings. The van der Waals surface area contributed by atoms with Crippen molar-refractivity contribution in [2.45, 2.75) is 126 Å². The molecule has 1 aliphatic carbocycles. The number of Topliss-reactive ketones (excluding diaryl/α,β-unsaturated/α-hetero) is 3. The molecule has 0 bridgehead atoms. The van der Waals surface area contributed by atoms with Crippen LogP contribution in [0.4, 0.5) is 0 Å². The van der Waals surface area contributed by atoms with Crippen LogP contribution in [-0.4, -0.2) is 17.3 Å². The predicted octanol–water partition coefficient (Wildman–Crippen LogP) is 8.78. The van der Waals surface area contributed by atoms with E-state index >= 15 is 0 Å². The summed E-state index contributed by atoms with van der Waals surface area (Å²) in [6, 6.07) is 2.35. The van der Waals surface area contributed by atoms with Gasteiger partial charge in [0.2, 0.25) is 0 Å². The third-order valence-corrected chi connectivity index (χ3v) is 8.36. The average molecular weight is 509 g/mol. The molecular formula is C34H52O3. The van der Waals surface area contributed by atoms with Gasteiger partial charge in [-0.05, 0) is 98.3 Å². The highest BCUT2D eigenvalue weighted by atomic mass is 16.1. The quantitative estimate of drug-likeness (QED) is 0.176. The first kappa shape index (κ1) is 31.2. The number of benzene rings is 1. The first-order valence-electron chi connectivity index (χ1n) is 14.8. The first-order valence-corrected chi connectivity index (χ1v) is 14.8. The minimum absolute atomic E-state index is 0.0348. The van der Waals surface area contributed by atoms with Gasteiger partial charge in [0.1, 0.15) is 11.6 Å². The van der Waals surface area contributed by atoms with E-state index in [0.29, 0.717) is 18.3 Å². The molecule has 0 heterocycles. The van der Waals surface area contributed by atoms with Crippen molar-refractivity contribution < 1.29 is 14.4 Å². The van der Waals surface area contributed by atoms with Crippen molar-refractivity contribution in [3.63, 3.8) is 0 Å². The van der Waals surface area contributed by atoms with Crippen LogP contribution in [0.1, 0.15) is 138 Å². The highest BCUT2D eigenvalue weighted by Gasteiger charge is 2.34. The highest BCUT2D eigenvalue weighted by molar-refractivity contribution is 6.01. The van der Waals surface area contributed by atoms with Gasteiger partial charge in [-0.1, -0.05) is 72.6 Å². The molecule has 1 aromatic carbocycles. The Bertz CT molecular complexity index is 981. The molecule has 3 nitrogen and oxygen atoms in total. The molecule has 2 rings (SSSR count). The van der Waals surface area contributed by atoms with Crippen molar-refractivity contribution in [3.05, 3.63) is 46.0 Å². The van der Waals surface area contributed by atoms with Crippen LogP contribution < -0.4 is 0 Å². The number of carbonyl (C=O) groups is 3. The number of fused-ring (bicyclic) bond motifs is 1. The minimum atomic E-state index is -0.0918. The van der Waals surface area contributed by atoms with Gasteiger partial charge in [-0.15, -0.1) is 0 Å². The molecule has 0 fully saturated rings. The smallest absolute Gasteiger partial charge is 0.163 e. The molecule has 0 aliphatic heterocycles. The molecule has 0 amide bonds. The van der Waals surface area contributed by atoms with E-state index < -0.39 is 0 Å². The number of allylic oxidation sites excluding steroid dienone is 1. The third kappa shape index (κ3) is 8.48. The van der Waals surface area contributed by atoms with Crippen LogP contribution in [0, 0.1) is 30.6 Å². The summed E-state index contributed by atoms with van der Waals surface area (Å²) in [5.41, 5.74) is 7.15. The highest BCUT2D eigenvalue weighted by Crippen LogP contribution is 2.40. The van der Waals surface area contributed by atoms with E-state index in [1.54, 1.807) is 0 Å². The van der Waals surface area contributed by atoms with Crippen LogP contribution in [0.15, 0.2) is 18.2 Å². The van der Waals surface area contributed by atoms with Gasteiger partial charge in [0.25, 0.3) is 0 Å². The van der Waals surface area contributed by atoms with Crippen LogP contribution in [-0.2, 0) is 22.4 Å². The predicted molar refractivity (Wildman–Crippen MR) is 155 cm³/mol. The lowest BCUT2D eigenvalue weighted by atomic mass is 9.70. The summed E-state index contributed by atoms with van der Waals surface area (Å²) < 4.78 is 0. The van der Waals surface area contributed by atoms with Crippen LogP contribution in [0.25, 0.3) is 0 Å². The van der Waals surface area contributed by atoms with Crippen molar-refractivity contribution in [2.24, 2.45) is 23.7 Å². The van der Waals surface area contributed by atoms with Gasteiger partial charge in [0, 0.05) is 17.9 Å².